The number of hydrogen-bond acceptors (Lipinski definition) is 8. The molecule has 3 heterocycles. The van der Waals surface area contributed by atoms with Crippen molar-refractivity contribution in [2.24, 2.45) is 0 Å². The van der Waals surface area contributed by atoms with E-state index in [9.17, 15) is 14.9 Å². The largest absolute Gasteiger partial charge is 0.462 e. The van der Waals surface area contributed by atoms with Crippen LogP contribution in [0.25, 0.3) is 6.08 Å². The van der Waals surface area contributed by atoms with E-state index in [1.165, 1.54) is 17.4 Å². The van der Waals surface area contributed by atoms with Gasteiger partial charge in [0.1, 0.15) is 22.4 Å². The predicted molar refractivity (Wildman–Crippen MR) is 114 cm³/mol. The first-order valence-corrected chi connectivity index (χ1v) is 10.4. The van der Waals surface area contributed by atoms with E-state index in [1.807, 2.05) is 17.9 Å². The molecule has 0 aromatic carbocycles. The molecule has 2 aromatic rings. The minimum atomic E-state index is -0.617. The van der Waals surface area contributed by atoms with Crippen LogP contribution in [0, 0.1) is 25.2 Å². The van der Waals surface area contributed by atoms with Gasteiger partial charge in [-0.2, -0.15) is 5.26 Å². The highest BCUT2D eigenvalue weighted by molar-refractivity contribution is 7.16. The minimum absolute atomic E-state index is 0.128. The molecule has 30 heavy (non-hydrogen) atoms. The zero-order valence-electron chi connectivity index (χ0n) is 17.1. The normalized spacial score (nSPS) is 14.3. The SMILES string of the molecule is CCOC(=O)c1c(NC(=O)/C(C#N)=C/c2ccc(N3CCOCC3)o2)sc(C)c1C. The zero-order chi connectivity index (χ0) is 21.7. The Balaban J connectivity index is 1.79. The van der Waals surface area contributed by atoms with Gasteiger partial charge in [-0.1, -0.05) is 0 Å². The standard InChI is InChI=1S/C21H23N3O5S/c1-4-28-21(26)18-13(2)14(3)30-20(18)23-19(25)15(12-22)11-16-5-6-17(29-16)24-7-9-27-10-8-24/h5-6,11H,4,7-10H2,1-3H3,(H,23,25)/b15-11+. The van der Waals surface area contributed by atoms with Crippen molar-refractivity contribution in [3.8, 4) is 6.07 Å². The molecular weight excluding hydrogens is 406 g/mol. The summed E-state index contributed by atoms with van der Waals surface area (Å²) in [4.78, 5) is 27.9. The number of hydrogen-bond donors (Lipinski definition) is 1. The van der Waals surface area contributed by atoms with Crippen molar-refractivity contribution in [1.29, 1.82) is 5.26 Å². The second-order valence-corrected chi connectivity index (χ2v) is 7.83. The highest BCUT2D eigenvalue weighted by atomic mass is 32.1. The third-order valence-electron chi connectivity index (χ3n) is 4.68. The average Bonchev–Trinajstić information content (AvgIpc) is 3.31. The third-order valence-corrected chi connectivity index (χ3v) is 5.80. The predicted octanol–water partition coefficient (Wildman–Crippen LogP) is 3.52. The molecule has 1 amide bonds. The van der Waals surface area contributed by atoms with Crippen molar-refractivity contribution in [1.82, 2.24) is 0 Å². The lowest BCUT2D eigenvalue weighted by Gasteiger charge is -2.26. The molecule has 9 heteroatoms. The van der Waals surface area contributed by atoms with Gasteiger partial charge in [0, 0.05) is 30.1 Å². The lowest BCUT2D eigenvalue weighted by molar-refractivity contribution is -0.112. The summed E-state index contributed by atoms with van der Waals surface area (Å²) in [6, 6.07) is 5.41. The fourth-order valence-electron chi connectivity index (χ4n) is 3.00. The molecule has 1 N–H and O–H groups in total. The van der Waals surface area contributed by atoms with E-state index in [0.29, 0.717) is 35.4 Å². The highest BCUT2D eigenvalue weighted by Gasteiger charge is 2.23. The average molecular weight is 429 g/mol. The number of ether oxygens (including phenoxy) is 2. The van der Waals surface area contributed by atoms with Gasteiger partial charge in [-0.15, -0.1) is 11.3 Å². The Bertz CT molecular complexity index is 1010. The summed E-state index contributed by atoms with van der Waals surface area (Å²) < 4.78 is 16.2. The van der Waals surface area contributed by atoms with Crippen LogP contribution in [0.3, 0.4) is 0 Å². The maximum absolute atomic E-state index is 12.7. The number of carbonyl (C=O) groups is 2. The summed E-state index contributed by atoms with van der Waals surface area (Å²) in [5, 5.41) is 12.5. The van der Waals surface area contributed by atoms with Crippen LogP contribution in [-0.2, 0) is 14.3 Å². The molecule has 1 aliphatic heterocycles. The maximum atomic E-state index is 12.7. The van der Waals surface area contributed by atoms with Gasteiger partial charge in [-0.3, -0.25) is 4.79 Å². The van der Waals surface area contributed by atoms with Gasteiger partial charge in [0.15, 0.2) is 5.88 Å². The third kappa shape index (κ3) is 4.72. The number of amides is 1. The molecule has 2 aromatic heterocycles. The Kier molecular flexibility index (Phi) is 6.92. The van der Waals surface area contributed by atoms with E-state index in [-0.39, 0.29) is 12.2 Å². The molecule has 0 saturated carbocycles. The van der Waals surface area contributed by atoms with Crippen LogP contribution in [0.1, 0.15) is 33.5 Å². The summed E-state index contributed by atoms with van der Waals surface area (Å²) in [6.45, 7) is 8.29. The Hall–Kier alpha value is -3.09. The van der Waals surface area contributed by atoms with E-state index in [1.54, 1.807) is 26.0 Å². The number of carbonyl (C=O) groups excluding carboxylic acids is 2. The fraction of sp³-hybridized carbons (Fsp3) is 0.381. The van der Waals surface area contributed by atoms with E-state index in [4.69, 9.17) is 13.9 Å². The Morgan fingerprint density at radius 3 is 2.73 bits per heavy atom. The molecule has 3 rings (SSSR count). The Morgan fingerprint density at radius 2 is 2.07 bits per heavy atom. The van der Waals surface area contributed by atoms with Crippen molar-refractivity contribution in [3.05, 3.63) is 39.5 Å². The number of esters is 1. The fourth-order valence-corrected chi connectivity index (χ4v) is 4.04. The molecule has 0 radical (unpaired) electrons. The van der Waals surface area contributed by atoms with Gasteiger partial charge < -0.3 is 24.1 Å². The maximum Gasteiger partial charge on any atom is 0.341 e. The molecule has 0 bridgehead atoms. The first-order valence-electron chi connectivity index (χ1n) is 9.57. The van der Waals surface area contributed by atoms with Crippen LogP contribution in [-0.4, -0.2) is 44.8 Å². The second kappa shape index (κ2) is 9.61. The summed E-state index contributed by atoms with van der Waals surface area (Å²) in [5.41, 5.74) is 0.936. The molecule has 1 saturated heterocycles. The quantitative estimate of drug-likeness (QED) is 0.425. The molecule has 0 spiro atoms. The number of rotatable bonds is 6. The van der Waals surface area contributed by atoms with Crippen molar-refractivity contribution in [2.75, 3.05) is 43.1 Å². The number of nitrogens with zero attached hydrogens (tertiary/aromatic N) is 2. The topological polar surface area (TPSA) is 105 Å². The lowest BCUT2D eigenvalue weighted by atomic mass is 10.1. The van der Waals surface area contributed by atoms with Gasteiger partial charge in [-0.05, 0) is 32.4 Å². The van der Waals surface area contributed by atoms with Crippen LogP contribution >= 0.6 is 11.3 Å². The first kappa shape index (κ1) is 21.6. The Morgan fingerprint density at radius 1 is 1.33 bits per heavy atom. The van der Waals surface area contributed by atoms with Crippen LogP contribution in [0.2, 0.25) is 0 Å². The number of aryl methyl sites for hydroxylation is 1. The number of nitriles is 1. The molecule has 0 atom stereocenters. The number of furan rings is 1. The van der Waals surface area contributed by atoms with Crippen LogP contribution in [0.4, 0.5) is 10.9 Å². The van der Waals surface area contributed by atoms with Crippen LogP contribution in [0.15, 0.2) is 22.1 Å². The van der Waals surface area contributed by atoms with Gasteiger partial charge in [0.2, 0.25) is 0 Å². The highest BCUT2D eigenvalue weighted by Crippen LogP contribution is 2.33. The molecule has 0 aliphatic carbocycles. The summed E-state index contributed by atoms with van der Waals surface area (Å²) in [7, 11) is 0. The van der Waals surface area contributed by atoms with Crippen molar-refractivity contribution in [3.63, 3.8) is 0 Å². The molecule has 0 unspecified atom stereocenters. The van der Waals surface area contributed by atoms with E-state index in [2.05, 4.69) is 5.32 Å². The minimum Gasteiger partial charge on any atom is -0.462 e. The number of anilines is 2. The molecule has 1 aliphatic rings. The number of morpholine rings is 1. The lowest BCUT2D eigenvalue weighted by Crippen LogP contribution is -2.35. The number of nitrogens with one attached hydrogen (secondary N) is 1. The van der Waals surface area contributed by atoms with Gasteiger partial charge >= 0.3 is 5.97 Å². The molecule has 1 fully saturated rings. The first-order chi connectivity index (χ1) is 14.4. The zero-order valence-corrected chi connectivity index (χ0v) is 17.9. The molecule has 8 nitrogen and oxygen atoms in total. The van der Waals surface area contributed by atoms with Gasteiger partial charge in [0.25, 0.3) is 5.91 Å². The van der Waals surface area contributed by atoms with E-state index >= 15 is 0 Å². The molecule has 158 valence electrons. The Labute approximate surface area is 178 Å². The van der Waals surface area contributed by atoms with Gasteiger partial charge in [-0.25, -0.2) is 4.79 Å². The smallest absolute Gasteiger partial charge is 0.341 e. The van der Waals surface area contributed by atoms with Crippen molar-refractivity contribution < 1.29 is 23.5 Å². The van der Waals surface area contributed by atoms with E-state index < -0.39 is 11.9 Å². The van der Waals surface area contributed by atoms with Crippen LogP contribution < -0.4 is 10.2 Å². The van der Waals surface area contributed by atoms with Crippen LogP contribution in [0.5, 0.6) is 0 Å². The monoisotopic (exact) mass is 429 g/mol. The summed E-state index contributed by atoms with van der Waals surface area (Å²) in [5.74, 6) is -0.0596. The summed E-state index contributed by atoms with van der Waals surface area (Å²) >= 11 is 1.27. The molecular formula is C21H23N3O5S. The van der Waals surface area contributed by atoms with Gasteiger partial charge in [0.05, 0.1) is 25.4 Å². The second-order valence-electron chi connectivity index (χ2n) is 6.61. The van der Waals surface area contributed by atoms with E-state index in [0.717, 1.165) is 23.5 Å². The van der Waals surface area contributed by atoms with Crippen molar-refractivity contribution >= 4 is 40.2 Å². The number of thiophene rings is 1. The van der Waals surface area contributed by atoms with Crippen molar-refractivity contribution in [2.45, 2.75) is 20.8 Å². The summed E-state index contributed by atoms with van der Waals surface area (Å²) in [6.07, 6.45) is 1.39.